The molecule has 0 heterocycles. The first-order valence-electron chi connectivity index (χ1n) is 1.27. The molecule has 0 aromatic rings. The zero-order valence-corrected chi connectivity index (χ0v) is 5.50. The molecule has 0 spiro atoms. The van der Waals surface area contributed by atoms with Gasteiger partial charge in [-0.05, 0) is 0 Å². The molecule has 8 nitrogen and oxygen atoms in total. The zero-order valence-electron chi connectivity index (χ0n) is 4.68. The Morgan fingerprint density at radius 1 is 1.20 bits per heavy atom. The summed E-state index contributed by atoms with van der Waals surface area (Å²) in [7, 11) is -4.67. The van der Waals surface area contributed by atoms with Gasteiger partial charge in [-0.15, -0.1) is 0 Å². The number of nitrogens with two attached hydrogens (primary N) is 1. The van der Waals surface area contributed by atoms with Crippen LogP contribution >= 0.6 is 0 Å². The van der Waals surface area contributed by atoms with Gasteiger partial charge in [0.05, 0.1) is 0 Å². The number of rotatable bonds is 0. The van der Waals surface area contributed by atoms with Crippen LogP contribution < -0.4 is 5.73 Å². The maximum absolute atomic E-state index is 8.74. The van der Waals surface area contributed by atoms with Crippen molar-refractivity contribution in [2.45, 2.75) is 0 Å². The van der Waals surface area contributed by atoms with Gasteiger partial charge in [0, 0.05) is 0 Å². The average molecular weight is 179 g/mol. The molecule has 0 aromatic carbocycles. The van der Waals surface area contributed by atoms with Crippen molar-refractivity contribution in [3.63, 3.8) is 0 Å². The van der Waals surface area contributed by atoms with Crippen molar-refractivity contribution in [3.05, 3.63) is 0 Å². The Bertz CT molecular complexity index is 128. The molecule has 0 fully saturated rings. The summed E-state index contributed by atoms with van der Waals surface area (Å²) in [6.07, 6.45) is 0.250. The molecule has 0 aliphatic heterocycles. The summed E-state index contributed by atoms with van der Waals surface area (Å²) in [5.41, 5.74) is 4.17. The van der Waals surface area contributed by atoms with Crippen LogP contribution in [0.25, 0.3) is 0 Å². The molecule has 66 valence electrons. The van der Waals surface area contributed by atoms with Crippen molar-refractivity contribution in [1.29, 1.82) is 0 Å². The van der Waals surface area contributed by atoms with E-state index in [1.807, 2.05) is 0 Å². The minimum Gasteiger partial charge on any atom is -0.412 e. The molecule has 1 amide bonds. The van der Waals surface area contributed by atoms with Crippen molar-refractivity contribution in [2.24, 2.45) is 5.73 Å². The fraction of sp³-hybridized carbons (Fsp3) is 0. The molecule has 8 N–H and O–H groups in total. The fourth-order valence-electron chi connectivity index (χ4n) is 0. The summed E-state index contributed by atoms with van der Waals surface area (Å²) >= 11 is 0. The lowest BCUT2D eigenvalue weighted by Gasteiger charge is -1.68. The van der Waals surface area contributed by atoms with Crippen LogP contribution in [0.15, 0.2) is 0 Å². The summed E-state index contributed by atoms with van der Waals surface area (Å²) in [6.45, 7) is 0. The summed E-state index contributed by atoms with van der Waals surface area (Å²) in [5, 5.41) is 0. The lowest BCUT2D eigenvalue weighted by molar-refractivity contribution is -0.106. The second kappa shape index (κ2) is 11.1. The highest BCUT2D eigenvalue weighted by atomic mass is 32.3. The Morgan fingerprint density at radius 2 is 1.20 bits per heavy atom. The predicted octanol–water partition coefficient (Wildman–Crippen LogP) is -3.20. The quantitative estimate of drug-likeness (QED) is 0.261. The Balaban J connectivity index is -0.0000000326. The molecule has 0 unspecified atom stereocenters. The number of hydrogen-bond acceptors (Lipinski definition) is 3. The Hall–Kier alpha value is -0.740. The van der Waals surface area contributed by atoms with Crippen LogP contribution in [-0.4, -0.2) is 34.9 Å². The van der Waals surface area contributed by atoms with Gasteiger partial charge in [-0.1, -0.05) is 0 Å². The summed E-state index contributed by atoms with van der Waals surface area (Å²) in [4.78, 5) is 8.58. The Kier molecular flexibility index (Phi) is 25.4. The van der Waals surface area contributed by atoms with Gasteiger partial charge in [-0.2, -0.15) is 8.42 Å². The molecule has 0 atom stereocenters. The number of amides is 1. The molecule has 0 aliphatic rings. The lowest BCUT2D eigenvalue weighted by Crippen LogP contribution is -1.89. The Labute approximate surface area is 56.8 Å². The summed E-state index contributed by atoms with van der Waals surface area (Å²) in [6, 6.07) is 0. The molecule has 0 saturated heterocycles. The van der Waals surface area contributed by atoms with Crippen LogP contribution in [0.4, 0.5) is 0 Å². The normalized spacial score (nSPS) is 7.00. The third-order valence-electron chi connectivity index (χ3n) is 0. The van der Waals surface area contributed by atoms with Crippen LogP contribution in [0.1, 0.15) is 0 Å². The third-order valence-corrected chi connectivity index (χ3v) is 0. The smallest absolute Gasteiger partial charge is 0.394 e. The second-order valence-corrected chi connectivity index (χ2v) is 1.48. The molecule has 10 heavy (non-hydrogen) atoms. The minimum absolute atomic E-state index is 0. The van der Waals surface area contributed by atoms with Gasteiger partial charge in [0.25, 0.3) is 0 Å². The molecule has 0 saturated carbocycles. The first kappa shape index (κ1) is 22.8. The van der Waals surface area contributed by atoms with Crippen molar-refractivity contribution in [3.8, 4) is 0 Å². The zero-order chi connectivity index (χ0) is 7.21. The van der Waals surface area contributed by atoms with Crippen molar-refractivity contribution >= 4 is 16.8 Å². The van der Waals surface area contributed by atoms with Crippen LogP contribution in [-0.2, 0) is 15.2 Å². The third kappa shape index (κ3) is 520. The van der Waals surface area contributed by atoms with E-state index in [9.17, 15) is 0 Å². The van der Waals surface area contributed by atoms with E-state index in [4.69, 9.17) is 22.3 Å². The largest absolute Gasteiger partial charge is 0.412 e. The van der Waals surface area contributed by atoms with Crippen LogP contribution in [0.5, 0.6) is 0 Å². The van der Waals surface area contributed by atoms with E-state index in [0.29, 0.717) is 0 Å². The van der Waals surface area contributed by atoms with Gasteiger partial charge in [0.2, 0.25) is 6.41 Å². The van der Waals surface area contributed by atoms with E-state index < -0.39 is 10.4 Å². The summed E-state index contributed by atoms with van der Waals surface area (Å²) < 4.78 is 31.6. The lowest BCUT2D eigenvalue weighted by atomic mass is 11.5. The van der Waals surface area contributed by atoms with Gasteiger partial charge in [0.15, 0.2) is 0 Å². The van der Waals surface area contributed by atoms with E-state index in [-0.39, 0.29) is 17.4 Å². The molecule has 9 heteroatoms. The second-order valence-electron chi connectivity index (χ2n) is 0.584. The van der Waals surface area contributed by atoms with E-state index in [0.717, 1.165) is 0 Å². The highest BCUT2D eigenvalue weighted by Gasteiger charge is 1.84. The molecule has 0 aliphatic carbocycles. The van der Waals surface area contributed by atoms with E-state index in [2.05, 4.69) is 5.73 Å². The molecule has 0 aromatic heterocycles. The van der Waals surface area contributed by atoms with Gasteiger partial charge < -0.3 is 16.7 Å². The van der Waals surface area contributed by atoms with Crippen molar-refractivity contribution in [1.82, 2.24) is 0 Å². The first-order chi connectivity index (χ1) is 3.41. The van der Waals surface area contributed by atoms with Crippen molar-refractivity contribution in [2.75, 3.05) is 0 Å². The maximum Gasteiger partial charge on any atom is 0.394 e. The van der Waals surface area contributed by atoms with Crippen LogP contribution in [0, 0.1) is 0 Å². The molecule has 0 radical (unpaired) electrons. The monoisotopic (exact) mass is 179 g/mol. The first-order valence-corrected chi connectivity index (χ1v) is 2.66. The number of carbonyl (C=O) groups excluding carboxylic acids is 1. The van der Waals surface area contributed by atoms with Gasteiger partial charge in [0.1, 0.15) is 0 Å². The van der Waals surface area contributed by atoms with E-state index >= 15 is 0 Å². The van der Waals surface area contributed by atoms with Crippen molar-refractivity contribution < 1.29 is 33.3 Å². The van der Waals surface area contributed by atoms with Crippen LogP contribution in [0.2, 0.25) is 0 Å². The number of carbonyl (C=O) groups is 1. The highest BCUT2D eigenvalue weighted by Crippen LogP contribution is 1.59. The van der Waals surface area contributed by atoms with Gasteiger partial charge in [-0.3, -0.25) is 13.9 Å². The Morgan fingerprint density at radius 3 is 1.20 bits per heavy atom. The molecule has 0 bridgehead atoms. The SMILES string of the molecule is NC=O.O.O.O=S(=O)(O)O. The molecule has 0 rings (SSSR count). The summed E-state index contributed by atoms with van der Waals surface area (Å²) in [5.74, 6) is 0. The number of hydrogen-bond donors (Lipinski definition) is 3. The van der Waals surface area contributed by atoms with Gasteiger partial charge in [-0.25, -0.2) is 0 Å². The molecular formula is CH9NO7S. The van der Waals surface area contributed by atoms with E-state index in [1.165, 1.54) is 0 Å². The maximum atomic E-state index is 8.74. The molecular weight excluding hydrogens is 170 g/mol. The topological polar surface area (TPSA) is 181 Å². The van der Waals surface area contributed by atoms with E-state index in [1.54, 1.807) is 0 Å². The number of primary amides is 1. The highest BCUT2D eigenvalue weighted by molar-refractivity contribution is 7.79. The van der Waals surface area contributed by atoms with Crippen LogP contribution in [0.3, 0.4) is 0 Å². The fourth-order valence-corrected chi connectivity index (χ4v) is 0. The standard InChI is InChI=1S/CH3NO.H2O4S.2H2O/c2-1-3;1-5(2,3)4;;/h1H,(H2,2,3);(H2,1,2,3,4);2*1H2. The minimum atomic E-state index is -4.67. The predicted molar refractivity (Wildman–Crippen MR) is 31.7 cm³/mol. The average Bonchev–Trinajstić information content (AvgIpc) is 1.27. The van der Waals surface area contributed by atoms with Gasteiger partial charge >= 0.3 is 10.4 Å².